The summed E-state index contributed by atoms with van der Waals surface area (Å²) >= 11 is 0. The van der Waals surface area contributed by atoms with Gasteiger partial charge in [0.15, 0.2) is 0 Å². The molecular weight excluding hydrogens is 268 g/mol. The number of carboxylic acid groups (broad SMARTS) is 1. The van der Waals surface area contributed by atoms with Gasteiger partial charge in [0.2, 0.25) is 0 Å². The molecule has 2 rings (SSSR count). The summed E-state index contributed by atoms with van der Waals surface area (Å²) in [5.74, 6) is 0.168. The van der Waals surface area contributed by atoms with Crippen LogP contribution in [0, 0.1) is 0 Å². The molecule has 1 atom stereocenters. The zero-order chi connectivity index (χ0) is 15.2. The fourth-order valence-electron chi connectivity index (χ4n) is 2.74. The maximum atomic E-state index is 10.6. The number of methoxy groups -OCH3 is 1. The predicted octanol–water partition coefficient (Wildman–Crippen LogP) is 1.85. The van der Waals surface area contributed by atoms with Crippen LogP contribution in [0.25, 0.3) is 0 Å². The Kier molecular flexibility index (Phi) is 5.59. The summed E-state index contributed by atoms with van der Waals surface area (Å²) < 4.78 is 5.28. The molecule has 0 bridgehead atoms. The summed E-state index contributed by atoms with van der Waals surface area (Å²) in [6.07, 6.45) is 0.228. The Bertz CT molecular complexity index is 470. The van der Waals surface area contributed by atoms with Crippen LogP contribution in [0.2, 0.25) is 0 Å². The predicted molar refractivity (Wildman–Crippen MR) is 81.7 cm³/mol. The monoisotopic (exact) mass is 292 g/mol. The molecule has 1 aliphatic rings. The van der Waals surface area contributed by atoms with E-state index in [9.17, 15) is 4.79 Å². The molecule has 0 amide bonds. The largest absolute Gasteiger partial charge is 0.497 e. The van der Waals surface area contributed by atoms with Crippen molar-refractivity contribution in [1.82, 2.24) is 9.80 Å². The molecule has 1 fully saturated rings. The van der Waals surface area contributed by atoms with E-state index in [1.165, 1.54) is 5.56 Å². The van der Waals surface area contributed by atoms with Crippen molar-refractivity contribution < 1.29 is 14.6 Å². The molecule has 0 aliphatic carbocycles. The molecule has 5 heteroatoms. The Balaban J connectivity index is 1.87. The van der Waals surface area contributed by atoms with E-state index < -0.39 is 5.97 Å². The zero-order valence-corrected chi connectivity index (χ0v) is 12.8. The number of hydrogen-bond donors (Lipinski definition) is 1. The van der Waals surface area contributed by atoms with Crippen molar-refractivity contribution >= 4 is 5.97 Å². The first-order valence-electron chi connectivity index (χ1n) is 7.42. The van der Waals surface area contributed by atoms with Gasteiger partial charge < -0.3 is 14.7 Å². The van der Waals surface area contributed by atoms with Gasteiger partial charge in [0.05, 0.1) is 13.5 Å². The van der Waals surface area contributed by atoms with Gasteiger partial charge in [-0.1, -0.05) is 12.1 Å². The standard InChI is InChI=1S/C16H24N2O3/c1-13(14-4-3-5-15(12-14)21-2)18-10-8-17(9-11-18)7-6-16(19)20/h3-5,12-13H,6-11H2,1-2H3,(H,19,20)/t13-/m1/s1. The van der Waals surface area contributed by atoms with Crippen LogP contribution in [0.15, 0.2) is 24.3 Å². The van der Waals surface area contributed by atoms with Crippen LogP contribution in [0.5, 0.6) is 5.75 Å². The van der Waals surface area contributed by atoms with Crippen molar-refractivity contribution in [2.75, 3.05) is 39.8 Å². The third-order valence-electron chi connectivity index (χ3n) is 4.17. The summed E-state index contributed by atoms with van der Waals surface area (Å²) in [6, 6.07) is 8.54. The number of ether oxygens (including phenoxy) is 1. The normalized spacial score (nSPS) is 18.4. The average molecular weight is 292 g/mol. The van der Waals surface area contributed by atoms with Gasteiger partial charge in [-0.3, -0.25) is 9.69 Å². The summed E-state index contributed by atoms with van der Waals surface area (Å²) in [4.78, 5) is 15.3. The molecular formula is C16H24N2O3. The highest BCUT2D eigenvalue weighted by Crippen LogP contribution is 2.24. The molecule has 1 aliphatic heterocycles. The average Bonchev–Trinajstić information content (AvgIpc) is 2.52. The maximum Gasteiger partial charge on any atom is 0.304 e. The Labute approximate surface area is 126 Å². The molecule has 1 heterocycles. The van der Waals surface area contributed by atoms with Gasteiger partial charge in [-0.25, -0.2) is 0 Å². The second-order valence-electron chi connectivity index (χ2n) is 5.47. The number of aliphatic carboxylic acids is 1. The van der Waals surface area contributed by atoms with Crippen LogP contribution in [0.3, 0.4) is 0 Å². The highest BCUT2D eigenvalue weighted by molar-refractivity contribution is 5.66. The topological polar surface area (TPSA) is 53.0 Å². The molecule has 0 spiro atoms. The zero-order valence-electron chi connectivity index (χ0n) is 12.8. The Hall–Kier alpha value is -1.59. The number of benzene rings is 1. The molecule has 21 heavy (non-hydrogen) atoms. The Morgan fingerprint density at radius 3 is 2.67 bits per heavy atom. The Morgan fingerprint density at radius 2 is 2.05 bits per heavy atom. The van der Waals surface area contributed by atoms with Gasteiger partial charge in [0, 0.05) is 38.8 Å². The van der Waals surface area contributed by atoms with Crippen LogP contribution in [0.4, 0.5) is 0 Å². The summed E-state index contributed by atoms with van der Waals surface area (Å²) in [5.41, 5.74) is 1.26. The van der Waals surface area contributed by atoms with E-state index in [4.69, 9.17) is 9.84 Å². The van der Waals surface area contributed by atoms with Crippen LogP contribution in [-0.4, -0.2) is 60.7 Å². The SMILES string of the molecule is COc1cccc([C@@H](C)N2CCN(CCC(=O)O)CC2)c1. The number of carboxylic acids is 1. The van der Waals surface area contributed by atoms with Crippen molar-refractivity contribution in [3.63, 3.8) is 0 Å². The molecule has 1 aromatic rings. The molecule has 1 N–H and O–H groups in total. The highest BCUT2D eigenvalue weighted by atomic mass is 16.5. The van der Waals surface area contributed by atoms with Gasteiger partial charge in [-0.15, -0.1) is 0 Å². The first-order valence-corrected chi connectivity index (χ1v) is 7.42. The van der Waals surface area contributed by atoms with E-state index >= 15 is 0 Å². The minimum Gasteiger partial charge on any atom is -0.497 e. The minimum atomic E-state index is -0.720. The second kappa shape index (κ2) is 7.43. The van der Waals surface area contributed by atoms with Crippen LogP contribution >= 0.6 is 0 Å². The fourth-order valence-corrected chi connectivity index (χ4v) is 2.74. The van der Waals surface area contributed by atoms with E-state index in [2.05, 4.69) is 28.9 Å². The van der Waals surface area contributed by atoms with Gasteiger partial charge in [0.1, 0.15) is 5.75 Å². The highest BCUT2D eigenvalue weighted by Gasteiger charge is 2.22. The molecule has 0 saturated carbocycles. The molecule has 5 nitrogen and oxygen atoms in total. The first kappa shape index (κ1) is 15.8. The van der Waals surface area contributed by atoms with E-state index in [1.807, 2.05) is 12.1 Å². The summed E-state index contributed by atoms with van der Waals surface area (Å²) in [7, 11) is 1.69. The third-order valence-corrected chi connectivity index (χ3v) is 4.17. The second-order valence-corrected chi connectivity index (χ2v) is 5.47. The van der Waals surface area contributed by atoms with Crippen LogP contribution in [-0.2, 0) is 4.79 Å². The van der Waals surface area contributed by atoms with E-state index in [0.717, 1.165) is 31.9 Å². The van der Waals surface area contributed by atoms with Crippen molar-refractivity contribution in [2.24, 2.45) is 0 Å². The van der Waals surface area contributed by atoms with Crippen molar-refractivity contribution in [3.05, 3.63) is 29.8 Å². The fraction of sp³-hybridized carbons (Fsp3) is 0.562. The van der Waals surface area contributed by atoms with E-state index in [-0.39, 0.29) is 6.42 Å². The molecule has 1 saturated heterocycles. The number of carbonyl (C=O) groups is 1. The van der Waals surface area contributed by atoms with E-state index in [1.54, 1.807) is 7.11 Å². The molecule has 116 valence electrons. The number of piperazine rings is 1. The summed E-state index contributed by atoms with van der Waals surface area (Å²) in [5, 5.41) is 8.73. The minimum absolute atomic E-state index is 0.228. The molecule has 1 aromatic carbocycles. The lowest BCUT2D eigenvalue weighted by Crippen LogP contribution is -2.47. The van der Waals surface area contributed by atoms with Gasteiger partial charge in [-0.2, -0.15) is 0 Å². The summed E-state index contributed by atoms with van der Waals surface area (Å²) in [6.45, 7) is 6.66. The van der Waals surface area contributed by atoms with Crippen molar-refractivity contribution in [3.8, 4) is 5.75 Å². The lowest BCUT2D eigenvalue weighted by atomic mass is 10.1. The number of rotatable bonds is 6. The van der Waals surface area contributed by atoms with Gasteiger partial charge >= 0.3 is 5.97 Å². The molecule has 0 unspecified atom stereocenters. The lowest BCUT2D eigenvalue weighted by molar-refractivity contribution is -0.137. The molecule has 0 radical (unpaired) electrons. The smallest absolute Gasteiger partial charge is 0.304 e. The maximum absolute atomic E-state index is 10.6. The van der Waals surface area contributed by atoms with E-state index in [0.29, 0.717) is 12.6 Å². The van der Waals surface area contributed by atoms with Gasteiger partial charge in [-0.05, 0) is 24.6 Å². The Morgan fingerprint density at radius 1 is 1.33 bits per heavy atom. The van der Waals surface area contributed by atoms with Crippen molar-refractivity contribution in [2.45, 2.75) is 19.4 Å². The van der Waals surface area contributed by atoms with Crippen molar-refractivity contribution in [1.29, 1.82) is 0 Å². The number of hydrogen-bond acceptors (Lipinski definition) is 4. The molecule has 0 aromatic heterocycles. The third kappa shape index (κ3) is 4.44. The lowest BCUT2D eigenvalue weighted by Gasteiger charge is -2.38. The van der Waals surface area contributed by atoms with Crippen LogP contribution < -0.4 is 4.74 Å². The van der Waals surface area contributed by atoms with Crippen LogP contribution in [0.1, 0.15) is 24.9 Å². The number of nitrogens with zero attached hydrogens (tertiary/aromatic N) is 2. The van der Waals surface area contributed by atoms with Gasteiger partial charge in [0.25, 0.3) is 0 Å². The first-order chi connectivity index (χ1) is 10.1. The quantitative estimate of drug-likeness (QED) is 0.867.